The number of carbonyl (C=O) groups is 2. The number of pyridine rings is 1. The van der Waals surface area contributed by atoms with E-state index in [1.54, 1.807) is 24.5 Å². The van der Waals surface area contributed by atoms with Gasteiger partial charge in [-0.15, -0.1) is 4.68 Å². The smallest absolute Gasteiger partial charge is 0.377 e. The van der Waals surface area contributed by atoms with E-state index in [-0.39, 0.29) is 27.8 Å². The summed E-state index contributed by atoms with van der Waals surface area (Å²) in [7, 11) is 0. The van der Waals surface area contributed by atoms with Crippen molar-refractivity contribution in [1.29, 1.82) is 0 Å². The standard InChI is InChI=1S/C22H16Cl2N6O4/c23-17-4-1-5-18(24)19(17)29-22(34)30(27-26-29)21(33)28(12-10-14-3-2-11-25-13-14)16-8-6-15(7-9-16)20(31)32/h1-9,11,13H,10,12H2,(H,31,32). The zero-order valence-corrected chi connectivity index (χ0v) is 18.9. The minimum atomic E-state index is -1.10. The fraction of sp³-hybridized carbons (Fsp3) is 0.0909. The summed E-state index contributed by atoms with van der Waals surface area (Å²) in [5.74, 6) is -1.10. The van der Waals surface area contributed by atoms with Gasteiger partial charge in [0.2, 0.25) is 0 Å². The number of aromatic nitrogens is 5. The highest BCUT2D eigenvalue weighted by atomic mass is 35.5. The average molecular weight is 499 g/mol. The van der Waals surface area contributed by atoms with Gasteiger partial charge in [-0.25, -0.2) is 14.4 Å². The van der Waals surface area contributed by atoms with Crippen LogP contribution in [0.5, 0.6) is 0 Å². The van der Waals surface area contributed by atoms with Gasteiger partial charge in [0, 0.05) is 24.6 Å². The van der Waals surface area contributed by atoms with E-state index in [0.717, 1.165) is 10.2 Å². The maximum Gasteiger partial charge on any atom is 0.377 e. The van der Waals surface area contributed by atoms with Gasteiger partial charge in [0.25, 0.3) is 0 Å². The molecule has 0 bridgehead atoms. The first-order chi connectivity index (χ1) is 16.4. The number of hydrogen-bond donors (Lipinski definition) is 1. The second-order valence-electron chi connectivity index (χ2n) is 7.05. The first kappa shape index (κ1) is 23.1. The Labute approximate surface area is 202 Å². The number of tetrazole rings is 1. The number of benzene rings is 2. The van der Waals surface area contributed by atoms with Crippen LogP contribution in [0.3, 0.4) is 0 Å². The van der Waals surface area contributed by atoms with Gasteiger partial charge in [0.1, 0.15) is 5.69 Å². The Hall–Kier alpha value is -4.02. The van der Waals surface area contributed by atoms with Gasteiger partial charge in [-0.2, -0.15) is 4.68 Å². The lowest BCUT2D eigenvalue weighted by molar-refractivity contribution is 0.0697. The van der Waals surface area contributed by atoms with Crippen molar-refractivity contribution in [3.63, 3.8) is 0 Å². The number of nitrogens with zero attached hydrogens (tertiary/aromatic N) is 6. The molecule has 0 saturated carbocycles. The molecule has 0 radical (unpaired) electrons. The van der Waals surface area contributed by atoms with Crippen molar-refractivity contribution in [2.45, 2.75) is 6.42 Å². The summed E-state index contributed by atoms with van der Waals surface area (Å²) in [6, 6.07) is 13.2. The minimum absolute atomic E-state index is 0.0554. The number of hydrogen-bond acceptors (Lipinski definition) is 6. The minimum Gasteiger partial charge on any atom is -0.478 e. The summed E-state index contributed by atoms with van der Waals surface area (Å²) in [6.07, 6.45) is 3.71. The van der Waals surface area contributed by atoms with E-state index in [4.69, 9.17) is 23.2 Å². The van der Waals surface area contributed by atoms with Crippen LogP contribution >= 0.6 is 23.2 Å². The molecule has 0 spiro atoms. The Morgan fingerprint density at radius 3 is 2.29 bits per heavy atom. The van der Waals surface area contributed by atoms with Gasteiger partial charge in [0.15, 0.2) is 0 Å². The van der Waals surface area contributed by atoms with Crippen LogP contribution in [-0.2, 0) is 6.42 Å². The second-order valence-corrected chi connectivity index (χ2v) is 7.87. The quantitative estimate of drug-likeness (QED) is 0.403. The lowest BCUT2D eigenvalue weighted by Crippen LogP contribution is -2.42. The lowest BCUT2D eigenvalue weighted by atomic mass is 10.1. The third-order valence-electron chi connectivity index (χ3n) is 4.92. The fourth-order valence-corrected chi connectivity index (χ4v) is 3.78. The molecule has 2 heterocycles. The molecule has 2 aromatic heterocycles. The van der Waals surface area contributed by atoms with E-state index in [2.05, 4.69) is 15.4 Å². The Bertz CT molecular complexity index is 1380. The van der Waals surface area contributed by atoms with Crippen LogP contribution in [-0.4, -0.2) is 48.4 Å². The van der Waals surface area contributed by atoms with Crippen LogP contribution in [0.15, 0.2) is 71.8 Å². The number of para-hydroxylation sites is 1. The van der Waals surface area contributed by atoms with E-state index < -0.39 is 17.7 Å². The summed E-state index contributed by atoms with van der Waals surface area (Å²) >= 11 is 12.3. The third kappa shape index (κ3) is 4.68. The third-order valence-corrected chi connectivity index (χ3v) is 5.53. The van der Waals surface area contributed by atoms with Crippen molar-refractivity contribution < 1.29 is 14.7 Å². The molecule has 4 rings (SSSR count). The summed E-state index contributed by atoms with van der Waals surface area (Å²) < 4.78 is 1.43. The molecule has 34 heavy (non-hydrogen) atoms. The van der Waals surface area contributed by atoms with Crippen LogP contribution in [0.4, 0.5) is 10.5 Å². The SMILES string of the molecule is O=C(O)c1ccc(N(CCc2cccnc2)C(=O)n2nnn(-c3c(Cl)cccc3Cl)c2=O)cc1. The molecule has 0 aliphatic rings. The van der Waals surface area contributed by atoms with Crippen LogP contribution in [0, 0.1) is 0 Å². The zero-order valence-electron chi connectivity index (χ0n) is 17.4. The monoisotopic (exact) mass is 498 g/mol. The molecule has 172 valence electrons. The average Bonchev–Trinajstić information content (AvgIpc) is 3.21. The molecule has 0 saturated heterocycles. The number of carboxylic acid groups (broad SMARTS) is 1. The van der Waals surface area contributed by atoms with E-state index in [1.807, 2.05) is 6.07 Å². The van der Waals surface area contributed by atoms with Crippen molar-refractivity contribution >= 4 is 40.9 Å². The number of carbonyl (C=O) groups excluding carboxylic acids is 1. The van der Waals surface area contributed by atoms with E-state index in [9.17, 15) is 19.5 Å². The molecule has 12 heteroatoms. The predicted octanol–water partition coefficient (Wildman–Crippen LogP) is 3.55. The molecular formula is C22H16Cl2N6O4. The maximum atomic E-state index is 13.4. The molecule has 0 atom stereocenters. The molecule has 1 amide bonds. The largest absolute Gasteiger partial charge is 0.478 e. The van der Waals surface area contributed by atoms with Crippen molar-refractivity contribution in [3.8, 4) is 5.69 Å². The summed E-state index contributed by atoms with van der Waals surface area (Å²) in [5.41, 5.74) is 0.522. The van der Waals surface area contributed by atoms with E-state index >= 15 is 0 Å². The maximum absolute atomic E-state index is 13.4. The topological polar surface area (TPSA) is 123 Å². The number of anilines is 1. The number of carboxylic acids is 1. The molecule has 10 nitrogen and oxygen atoms in total. The van der Waals surface area contributed by atoms with Crippen molar-refractivity contribution in [1.82, 2.24) is 24.8 Å². The molecular weight excluding hydrogens is 483 g/mol. The molecule has 0 aliphatic carbocycles. The zero-order chi connectivity index (χ0) is 24.2. The Morgan fingerprint density at radius 2 is 1.68 bits per heavy atom. The highest BCUT2D eigenvalue weighted by Crippen LogP contribution is 2.26. The highest BCUT2D eigenvalue weighted by Gasteiger charge is 2.24. The number of rotatable bonds is 6. The number of aromatic carboxylic acids is 1. The molecule has 0 fully saturated rings. The van der Waals surface area contributed by atoms with Crippen LogP contribution in [0.25, 0.3) is 5.69 Å². The van der Waals surface area contributed by atoms with Crippen molar-refractivity contribution in [3.05, 3.63) is 98.6 Å². The summed E-state index contributed by atoms with van der Waals surface area (Å²) in [4.78, 5) is 43.0. The van der Waals surface area contributed by atoms with Crippen LogP contribution in [0.1, 0.15) is 15.9 Å². The highest BCUT2D eigenvalue weighted by molar-refractivity contribution is 6.37. The van der Waals surface area contributed by atoms with Crippen LogP contribution in [0.2, 0.25) is 10.0 Å². The first-order valence-electron chi connectivity index (χ1n) is 9.90. The molecule has 4 aromatic rings. The first-order valence-corrected chi connectivity index (χ1v) is 10.7. The molecule has 2 aromatic carbocycles. The van der Waals surface area contributed by atoms with Crippen molar-refractivity contribution in [2.75, 3.05) is 11.4 Å². The molecule has 0 unspecified atom stereocenters. The summed E-state index contributed by atoms with van der Waals surface area (Å²) in [5, 5.41) is 17.0. The van der Waals surface area contributed by atoms with Crippen molar-refractivity contribution in [2.24, 2.45) is 0 Å². The lowest BCUT2D eigenvalue weighted by Gasteiger charge is -2.22. The van der Waals surface area contributed by atoms with E-state index in [0.29, 0.717) is 16.8 Å². The van der Waals surface area contributed by atoms with Gasteiger partial charge in [-0.1, -0.05) is 35.3 Å². The van der Waals surface area contributed by atoms with Gasteiger partial charge >= 0.3 is 17.7 Å². The number of amides is 1. The molecule has 0 aliphatic heterocycles. The van der Waals surface area contributed by atoms with Gasteiger partial charge in [0.05, 0.1) is 15.6 Å². The van der Waals surface area contributed by atoms with Gasteiger partial charge in [-0.05, 0) is 64.9 Å². The number of halogens is 2. The van der Waals surface area contributed by atoms with Gasteiger partial charge < -0.3 is 5.11 Å². The fourth-order valence-electron chi connectivity index (χ4n) is 3.22. The predicted molar refractivity (Wildman–Crippen MR) is 125 cm³/mol. The second kappa shape index (κ2) is 9.86. The summed E-state index contributed by atoms with van der Waals surface area (Å²) in [6.45, 7) is 0.156. The Kier molecular flexibility index (Phi) is 6.71. The Morgan fingerprint density at radius 1 is 0.971 bits per heavy atom. The van der Waals surface area contributed by atoms with Crippen LogP contribution < -0.4 is 10.6 Å². The normalized spacial score (nSPS) is 10.8. The van der Waals surface area contributed by atoms with Gasteiger partial charge in [-0.3, -0.25) is 9.88 Å². The molecule has 1 N–H and O–H groups in total. The Balaban J connectivity index is 1.71. The van der Waals surface area contributed by atoms with E-state index in [1.165, 1.54) is 41.3 Å².